The molecule has 0 radical (unpaired) electrons. The summed E-state index contributed by atoms with van der Waals surface area (Å²) in [5.74, 6) is -0.464. The fraction of sp³-hybridized carbons (Fsp3) is 0.0952. The molecule has 0 aliphatic rings. The van der Waals surface area contributed by atoms with E-state index in [9.17, 15) is 9.18 Å². The second kappa shape index (κ2) is 7.14. The maximum absolute atomic E-state index is 13.0. The summed E-state index contributed by atoms with van der Waals surface area (Å²) >= 11 is 1.62. The molecule has 0 fully saturated rings. The van der Waals surface area contributed by atoms with Gasteiger partial charge in [0.1, 0.15) is 5.82 Å². The third-order valence-corrected chi connectivity index (χ3v) is 5.16. The van der Waals surface area contributed by atoms with E-state index >= 15 is 0 Å². The Morgan fingerprint density at radius 2 is 1.92 bits per heavy atom. The summed E-state index contributed by atoms with van der Waals surface area (Å²) in [4.78, 5) is 15.9. The van der Waals surface area contributed by atoms with Crippen molar-refractivity contribution in [3.05, 3.63) is 88.5 Å². The molecule has 2 heterocycles. The number of nitrogens with one attached hydrogen (secondary N) is 2. The molecule has 0 aliphatic heterocycles. The fourth-order valence-corrected chi connectivity index (χ4v) is 3.91. The first kappa shape index (κ1) is 16.5. The molecule has 0 spiro atoms. The minimum Gasteiger partial charge on any atom is -0.361 e. The highest BCUT2D eigenvalue weighted by molar-refractivity contribution is 7.08. The van der Waals surface area contributed by atoms with Gasteiger partial charge in [0, 0.05) is 35.1 Å². The topological polar surface area (TPSA) is 44.9 Å². The van der Waals surface area contributed by atoms with Crippen molar-refractivity contribution in [2.45, 2.75) is 12.3 Å². The van der Waals surface area contributed by atoms with Crippen LogP contribution in [0.3, 0.4) is 0 Å². The lowest BCUT2D eigenvalue weighted by Crippen LogP contribution is -2.16. The average molecular weight is 364 g/mol. The van der Waals surface area contributed by atoms with Crippen LogP contribution >= 0.6 is 11.3 Å². The lowest BCUT2D eigenvalue weighted by molar-refractivity contribution is -0.116. The Balaban J connectivity index is 1.62. The molecule has 2 aromatic carbocycles. The van der Waals surface area contributed by atoms with E-state index in [1.807, 2.05) is 29.8 Å². The fourth-order valence-electron chi connectivity index (χ4n) is 3.19. The minimum atomic E-state index is -0.321. The quantitative estimate of drug-likeness (QED) is 0.480. The number of benzene rings is 2. The summed E-state index contributed by atoms with van der Waals surface area (Å²) < 4.78 is 13.0. The maximum Gasteiger partial charge on any atom is 0.225 e. The van der Waals surface area contributed by atoms with Crippen LogP contribution in [0.25, 0.3) is 10.9 Å². The van der Waals surface area contributed by atoms with Crippen LogP contribution in [0.5, 0.6) is 0 Å². The Hall–Kier alpha value is -2.92. The number of halogens is 1. The summed E-state index contributed by atoms with van der Waals surface area (Å²) in [6, 6.07) is 16.0. The van der Waals surface area contributed by atoms with Crippen molar-refractivity contribution < 1.29 is 9.18 Å². The molecular weight excluding hydrogens is 347 g/mol. The molecule has 2 aromatic heterocycles. The molecule has 0 aliphatic carbocycles. The van der Waals surface area contributed by atoms with Crippen molar-refractivity contribution >= 4 is 33.8 Å². The number of hydrogen-bond donors (Lipinski definition) is 2. The molecule has 1 amide bonds. The van der Waals surface area contributed by atoms with Gasteiger partial charge in [-0.2, -0.15) is 11.3 Å². The summed E-state index contributed by atoms with van der Waals surface area (Å²) in [6.07, 6.45) is 2.30. The number of carbonyl (C=O) groups excluding carboxylic acids is 1. The monoisotopic (exact) mass is 364 g/mol. The van der Waals surface area contributed by atoms with Gasteiger partial charge in [0.05, 0.1) is 0 Å². The van der Waals surface area contributed by atoms with Crippen LogP contribution < -0.4 is 5.32 Å². The number of carbonyl (C=O) groups is 1. The average Bonchev–Trinajstić information content (AvgIpc) is 3.32. The van der Waals surface area contributed by atoms with E-state index in [1.165, 1.54) is 12.1 Å². The number of aromatic nitrogens is 1. The summed E-state index contributed by atoms with van der Waals surface area (Å²) in [6.45, 7) is 0. The Kier molecular flexibility index (Phi) is 4.54. The van der Waals surface area contributed by atoms with Crippen LogP contribution in [0.4, 0.5) is 10.1 Å². The number of rotatable bonds is 5. The third kappa shape index (κ3) is 3.39. The number of aromatic amines is 1. The Morgan fingerprint density at radius 1 is 1.12 bits per heavy atom. The summed E-state index contributed by atoms with van der Waals surface area (Å²) in [5, 5.41) is 8.09. The third-order valence-electron chi connectivity index (χ3n) is 4.46. The number of thiophene rings is 1. The normalized spacial score (nSPS) is 12.2. The molecule has 3 nitrogen and oxygen atoms in total. The van der Waals surface area contributed by atoms with Crippen LogP contribution in [0.15, 0.2) is 71.6 Å². The van der Waals surface area contributed by atoms with Gasteiger partial charge >= 0.3 is 0 Å². The highest BCUT2D eigenvalue weighted by atomic mass is 32.1. The number of hydrogen-bond acceptors (Lipinski definition) is 2. The van der Waals surface area contributed by atoms with E-state index in [2.05, 4.69) is 27.8 Å². The predicted octanol–water partition coefficient (Wildman–Crippen LogP) is 5.53. The zero-order valence-corrected chi connectivity index (χ0v) is 14.7. The van der Waals surface area contributed by atoms with Crippen molar-refractivity contribution in [2.75, 3.05) is 5.32 Å². The van der Waals surface area contributed by atoms with E-state index < -0.39 is 0 Å². The van der Waals surface area contributed by atoms with Gasteiger partial charge in [-0.15, -0.1) is 0 Å². The zero-order valence-electron chi connectivity index (χ0n) is 13.9. The first-order valence-electron chi connectivity index (χ1n) is 8.34. The molecule has 26 heavy (non-hydrogen) atoms. The van der Waals surface area contributed by atoms with Gasteiger partial charge in [-0.1, -0.05) is 18.2 Å². The van der Waals surface area contributed by atoms with Gasteiger partial charge in [0.2, 0.25) is 5.91 Å². The highest BCUT2D eigenvalue weighted by Crippen LogP contribution is 2.34. The van der Waals surface area contributed by atoms with Crippen LogP contribution in [0, 0.1) is 5.82 Å². The number of amides is 1. The molecule has 5 heteroatoms. The summed E-state index contributed by atoms with van der Waals surface area (Å²) in [7, 11) is 0. The molecule has 1 atom stereocenters. The first-order chi connectivity index (χ1) is 12.7. The van der Waals surface area contributed by atoms with Crippen molar-refractivity contribution in [1.29, 1.82) is 0 Å². The van der Waals surface area contributed by atoms with Gasteiger partial charge < -0.3 is 10.3 Å². The van der Waals surface area contributed by atoms with Gasteiger partial charge in [0.25, 0.3) is 0 Å². The first-order valence-corrected chi connectivity index (χ1v) is 9.28. The largest absolute Gasteiger partial charge is 0.361 e. The van der Waals surface area contributed by atoms with E-state index in [-0.39, 0.29) is 17.6 Å². The molecule has 0 saturated heterocycles. The molecule has 1 unspecified atom stereocenters. The van der Waals surface area contributed by atoms with Crippen LogP contribution in [0.2, 0.25) is 0 Å². The lowest BCUT2D eigenvalue weighted by Gasteiger charge is -2.16. The smallest absolute Gasteiger partial charge is 0.225 e. The molecule has 4 aromatic rings. The molecule has 0 bridgehead atoms. The molecular formula is C21H17FN2OS. The molecule has 4 rings (SSSR count). The highest BCUT2D eigenvalue weighted by Gasteiger charge is 2.21. The standard InChI is InChI=1S/C21H17FN2OS/c22-15-5-7-16(8-6-15)24-21(25)11-18(14-9-10-26-13-14)19-12-23-20-4-2-1-3-17(19)20/h1-10,12-13,18,23H,11H2,(H,24,25). The predicted molar refractivity (Wildman–Crippen MR) is 104 cm³/mol. The van der Waals surface area contributed by atoms with Gasteiger partial charge in [0.15, 0.2) is 0 Å². The Bertz CT molecular complexity index is 1020. The number of anilines is 1. The van der Waals surface area contributed by atoms with Crippen LogP contribution in [-0.4, -0.2) is 10.9 Å². The second-order valence-electron chi connectivity index (χ2n) is 6.16. The van der Waals surface area contributed by atoms with Gasteiger partial charge in [-0.05, 0) is 58.3 Å². The van der Waals surface area contributed by atoms with E-state index in [1.54, 1.807) is 23.5 Å². The number of H-pyrrole nitrogens is 1. The van der Waals surface area contributed by atoms with Gasteiger partial charge in [-0.3, -0.25) is 4.79 Å². The Labute approximate surface area is 154 Å². The minimum absolute atomic E-state index is 0.0437. The van der Waals surface area contributed by atoms with Crippen molar-refractivity contribution in [3.63, 3.8) is 0 Å². The van der Waals surface area contributed by atoms with E-state index in [4.69, 9.17) is 0 Å². The Morgan fingerprint density at radius 3 is 2.69 bits per heavy atom. The number of para-hydroxylation sites is 1. The van der Waals surface area contributed by atoms with Crippen LogP contribution in [-0.2, 0) is 4.79 Å². The van der Waals surface area contributed by atoms with Gasteiger partial charge in [-0.25, -0.2) is 4.39 Å². The lowest BCUT2D eigenvalue weighted by atomic mass is 9.89. The van der Waals surface area contributed by atoms with Crippen molar-refractivity contribution in [2.24, 2.45) is 0 Å². The van der Waals surface area contributed by atoms with Crippen molar-refractivity contribution in [3.8, 4) is 0 Å². The maximum atomic E-state index is 13.0. The molecule has 2 N–H and O–H groups in total. The summed E-state index contributed by atoms with van der Waals surface area (Å²) in [5.41, 5.74) is 3.88. The van der Waals surface area contributed by atoms with Crippen LogP contribution in [0.1, 0.15) is 23.5 Å². The van der Waals surface area contributed by atoms with E-state index in [0.29, 0.717) is 12.1 Å². The molecule has 130 valence electrons. The second-order valence-corrected chi connectivity index (χ2v) is 6.94. The van der Waals surface area contributed by atoms with E-state index in [0.717, 1.165) is 22.0 Å². The SMILES string of the molecule is O=C(CC(c1ccsc1)c1c[nH]c2ccccc12)Nc1ccc(F)cc1. The molecule has 0 saturated carbocycles. The number of fused-ring (bicyclic) bond motifs is 1. The zero-order chi connectivity index (χ0) is 17.9. The van der Waals surface area contributed by atoms with Crippen molar-refractivity contribution in [1.82, 2.24) is 4.98 Å².